The van der Waals surface area contributed by atoms with E-state index >= 15 is 0 Å². The van der Waals surface area contributed by atoms with Crippen LogP contribution in [0.1, 0.15) is 16.7 Å². The molecule has 1 aromatic heterocycles. The van der Waals surface area contributed by atoms with Gasteiger partial charge in [0.2, 0.25) is 10.0 Å². The van der Waals surface area contributed by atoms with E-state index in [0.29, 0.717) is 6.54 Å². The standard InChI is InChI=1S/C13H15NO2S2/c1-11-3-2-4-12(7-11)10-18(15,16)14-8-13-5-6-17-9-13/h2-7,9,14H,8,10H2,1H3. The highest BCUT2D eigenvalue weighted by Gasteiger charge is 2.11. The molecule has 3 nitrogen and oxygen atoms in total. The molecule has 2 aromatic rings. The topological polar surface area (TPSA) is 46.2 Å². The van der Waals surface area contributed by atoms with Crippen molar-refractivity contribution in [2.45, 2.75) is 19.2 Å². The molecule has 1 heterocycles. The number of benzene rings is 1. The Morgan fingerprint density at radius 1 is 1.22 bits per heavy atom. The zero-order valence-electron chi connectivity index (χ0n) is 10.1. The van der Waals surface area contributed by atoms with Crippen LogP contribution in [0.15, 0.2) is 41.1 Å². The van der Waals surface area contributed by atoms with Gasteiger partial charge in [0, 0.05) is 6.54 Å². The highest BCUT2D eigenvalue weighted by Crippen LogP contribution is 2.09. The summed E-state index contributed by atoms with van der Waals surface area (Å²) < 4.78 is 26.4. The predicted octanol–water partition coefficient (Wildman–Crippen LogP) is 2.68. The number of aryl methyl sites for hydroxylation is 1. The van der Waals surface area contributed by atoms with E-state index in [0.717, 1.165) is 16.7 Å². The second-order valence-electron chi connectivity index (χ2n) is 4.20. The fourth-order valence-electron chi connectivity index (χ4n) is 1.66. The van der Waals surface area contributed by atoms with Crippen molar-refractivity contribution in [3.63, 3.8) is 0 Å². The number of sulfonamides is 1. The average Bonchev–Trinajstić information content (AvgIpc) is 2.78. The highest BCUT2D eigenvalue weighted by molar-refractivity contribution is 7.88. The minimum Gasteiger partial charge on any atom is -0.212 e. The van der Waals surface area contributed by atoms with Gasteiger partial charge in [-0.1, -0.05) is 29.8 Å². The second kappa shape index (κ2) is 5.65. The van der Waals surface area contributed by atoms with Crippen molar-refractivity contribution >= 4 is 21.4 Å². The Balaban J connectivity index is 1.99. The molecule has 0 radical (unpaired) electrons. The summed E-state index contributed by atoms with van der Waals surface area (Å²) in [6.07, 6.45) is 0. The minimum atomic E-state index is -3.27. The summed E-state index contributed by atoms with van der Waals surface area (Å²) in [5.74, 6) is 0.0266. The SMILES string of the molecule is Cc1cccc(CS(=O)(=O)NCc2ccsc2)c1. The molecule has 0 aliphatic rings. The molecule has 0 aliphatic heterocycles. The molecule has 0 fully saturated rings. The van der Waals surface area contributed by atoms with Gasteiger partial charge in [0.15, 0.2) is 0 Å². The maximum absolute atomic E-state index is 11.9. The first-order valence-electron chi connectivity index (χ1n) is 5.59. The van der Waals surface area contributed by atoms with E-state index in [2.05, 4.69) is 4.72 Å². The molecular formula is C13H15NO2S2. The lowest BCUT2D eigenvalue weighted by Gasteiger charge is -2.06. The number of rotatable bonds is 5. The number of hydrogen-bond donors (Lipinski definition) is 1. The molecule has 0 unspecified atom stereocenters. The number of thiophene rings is 1. The summed E-state index contributed by atoms with van der Waals surface area (Å²) in [6, 6.07) is 9.47. The maximum Gasteiger partial charge on any atom is 0.216 e. The van der Waals surface area contributed by atoms with Gasteiger partial charge in [0.1, 0.15) is 0 Å². The Morgan fingerprint density at radius 2 is 2.06 bits per heavy atom. The summed E-state index contributed by atoms with van der Waals surface area (Å²) in [7, 11) is -3.27. The van der Waals surface area contributed by atoms with Crippen LogP contribution in [0.2, 0.25) is 0 Å². The minimum absolute atomic E-state index is 0.0266. The predicted molar refractivity (Wildman–Crippen MR) is 75.0 cm³/mol. The van der Waals surface area contributed by atoms with Gasteiger partial charge in [-0.15, -0.1) is 0 Å². The summed E-state index contributed by atoms with van der Waals surface area (Å²) in [4.78, 5) is 0. The smallest absolute Gasteiger partial charge is 0.212 e. The molecule has 0 saturated heterocycles. The largest absolute Gasteiger partial charge is 0.216 e. The molecule has 0 spiro atoms. The molecule has 0 amide bonds. The van der Waals surface area contributed by atoms with Crippen LogP contribution < -0.4 is 4.72 Å². The Bertz CT molecular complexity index is 604. The van der Waals surface area contributed by atoms with Crippen molar-refractivity contribution in [3.05, 3.63) is 57.8 Å². The molecule has 2 rings (SSSR count). The lowest BCUT2D eigenvalue weighted by molar-refractivity contribution is 0.580. The maximum atomic E-state index is 11.9. The van der Waals surface area contributed by atoms with Crippen LogP contribution in [0, 0.1) is 6.92 Å². The van der Waals surface area contributed by atoms with Crippen molar-refractivity contribution in [1.82, 2.24) is 4.72 Å². The first-order valence-corrected chi connectivity index (χ1v) is 8.19. The van der Waals surface area contributed by atoms with E-state index in [-0.39, 0.29) is 5.75 Å². The van der Waals surface area contributed by atoms with Gasteiger partial charge in [-0.05, 0) is 34.9 Å². The molecule has 18 heavy (non-hydrogen) atoms. The summed E-state index contributed by atoms with van der Waals surface area (Å²) in [6.45, 7) is 2.31. The van der Waals surface area contributed by atoms with Crippen molar-refractivity contribution < 1.29 is 8.42 Å². The Hall–Kier alpha value is -1.17. The fraction of sp³-hybridized carbons (Fsp3) is 0.231. The Morgan fingerprint density at radius 3 is 2.72 bits per heavy atom. The summed E-state index contributed by atoms with van der Waals surface area (Å²) in [5, 5.41) is 3.87. The molecule has 96 valence electrons. The van der Waals surface area contributed by atoms with E-state index < -0.39 is 10.0 Å². The third-order valence-corrected chi connectivity index (χ3v) is 4.55. The lowest BCUT2D eigenvalue weighted by Crippen LogP contribution is -2.24. The van der Waals surface area contributed by atoms with Gasteiger partial charge in [0.25, 0.3) is 0 Å². The quantitative estimate of drug-likeness (QED) is 0.916. The van der Waals surface area contributed by atoms with Crippen molar-refractivity contribution in [3.8, 4) is 0 Å². The molecule has 0 atom stereocenters. The summed E-state index contributed by atoms with van der Waals surface area (Å²) >= 11 is 1.56. The zero-order chi connectivity index (χ0) is 13.0. The molecule has 0 bridgehead atoms. The lowest BCUT2D eigenvalue weighted by atomic mass is 10.2. The van der Waals surface area contributed by atoms with Gasteiger partial charge in [-0.2, -0.15) is 11.3 Å². The van der Waals surface area contributed by atoms with Gasteiger partial charge >= 0.3 is 0 Å². The molecule has 1 N–H and O–H groups in total. The van der Waals surface area contributed by atoms with E-state index in [4.69, 9.17) is 0 Å². The van der Waals surface area contributed by atoms with Crippen LogP contribution in [0.5, 0.6) is 0 Å². The van der Waals surface area contributed by atoms with Crippen LogP contribution in [0.25, 0.3) is 0 Å². The van der Waals surface area contributed by atoms with E-state index in [9.17, 15) is 8.42 Å². The zero-order valence-corrected chi connectivity index (χ0v) is 11.7. The monoisotopic (exact) mass is 281 g/mol. The second-order valence-corrected chi connectivity index (χ2v) is 6.79. The van der Waals surface area contributed by atoms with Crippen LogP contribution in [0.4, 0.5) is 0 Å². The van der Waals surface area contributed by atoms with Crippen LogP contribution in [-0.2, 0) is 22.3 Å². The first kappa shape index (κ1) is 13.3. The highest BCUT2D eigenvalue weighted by atomic mass is 32.2. The average molecular weight is 281 g/mol. The van der Waals surface area contributed by atoms with Crippen molar-refractivity contribution in [2.75, 3.05) is 0 Å². The van der Waals surface area contributed by atoms with Gasteiger partial charge in [0.05, 0.1) is 5.75 Å². The van der Waals surface area contributed by atoms with E-state index in [1.165, 1.54) is 0 Å². The third-order valence-electron chi connectivity index (χ3n) is 2.52. The van der Waals surface area contributed by atoms with E-state index in [1.54, 1.807) is 11.3 Å². The third kappa shape index (κ3) is 3.94. The first-order chi connectivity index (χ1) is 8.55. The normalized spacial score (nSPS) is 11.6. The Kier molecular flexibility index (Phi) is 4.16. The molecule has 0 aliphatic carbocycles. The van der Waals surface area contributed by atoms with Crippen LogP contribution in [-0.4, -0.2) is 8.42 Å². The van der Waals surface area contributed by atoms with Crippen molar-refractivity contribution in [1.29, 1.82) is 0 Å². The number of hydrogen-bond acceptors (Lipinski definition) is 3. The van der Waals surface area contributed by atoms with Crippen LogP contribution >= 0.6 is 11.3 Å². The molecule has 0 saturated carbocycles. The molecule has 1 aromatic carbocycles. The Labute approximate surface area is 112 Å². The van der Waals surface area contributed by atoms with Crippen molar-refractivity contribution in [2.24, 2.45) is 0 Å². The fourth-order valence-corrected chi connectivity index (χ4v) is 3.43. The van der Waals surface area contributed by atoms with Gasteiger partial charge in [-0.25, -0.2) is 13.1 Å². The van der Waals surface area contributed by atoms with Gasteiger partial charge in [-0.3, -0.25) is 0 Å². The van der Waals surface area contributed by atoms with Crippen LogP contribution in [0.3, 0.4) is 0 Å². The van der Waals surface area contributed by atoms with Gasteiger partial charge < -0.3 is 0 Å². The molecular weight excluding hydrogens is 266 g/mol. The summed E-state index contributed by atoms with van der Waals surface area (Å²) in [5.41, 5.74) is 2.88. The molecule has 5 heteroatoms. The van der Waals surface area contributed by atoms with E-state index in [1.807, 2.05) is 48.0 Å². The number of nitrogens with one attached hydrogen (secondary N) is 1.